The van der Waals surface area contributed by atoms with E-state index >= 15 is 0 Å². The zero-order valence-electron chi connectivity index (χ0n) is 10.5. The summed E-state index contributed by atoms with van der Waals surface area (Å²) in [5.74, 6) is 2.14. The maximum absolute atomic E-state index is 5.30. The summed E-state index contributed by atoms with van der Waals surface area (Å²) in [6.07, 6.45) is 3.18. The van der Waals surface area contributed by atoms with E-state index in [0.717, 1.165) is 12.4 Å². The molecule has 0 saturated heterocycles. The molecule has 0 spiro atoms. The minimum absolute atomic E-state index is 0.562. The lowest BCUT2D eigenvalue weighted by molar-refractivity contribution is 0.326. The zero-order valence-corrected chi connectivity index (χ0v) is 10.5. The van der Waals surface area contributed by atoms with E-state index in [2.05, 4.69) is 25.5 Å². The molecule has 0 fully saturated rings. The Hall–Kier alpha value is -2.18. The van der Waals surface area contributed by atoms with Gasteiger partial charge in [-0.1, -0.05) is 0 Å². The van der Waals surface area contributed by atoms with Crippen LogP contribution in [-0.2, 0) is 13.1 Å². The van der Waals surface area contributed by atoms with Gasteiger partial charge in [0.15, 0.2) is 5.82 Å². The number of nitrogens with zero attached hydrogens (tertiary/aromatic N) is 5. The normalized spacial score (nSPS) is 10.3. The van der Waals surface area contributed by atoms with Crippen molar-refractivity contribution < 1.29 is 4.74 Å². The molecule has 2 rings (SSSR count). The van der Waals surface area contributed by atoms with Crippen molar-refractivity contribution in [3.8, 4) is 5.88 Å². The fourth-order valence-electron chi connectivity index (χ4n) is 1.51. The summed E-state index contributed by atoms with van der Waals surface area (Å²) in [6, 6.07) is 1.76. The van der Waals surface area contributed by atoms with Crippen molar-refractivity contribution in [2.45, 2.75) is 26.9 Å². The molecule has 0 aromatic carbocycles. The molecule has 7 heteroatoms. The Morgan fingerprint density at radius 2 is 2.22 bits per heavy atom. The lowest BCUT2D eigenvalue weighted by Gasteiger charge is -2.07. The van der Waals surface area contributed by atoms with Crippen LogP contribution in [0.25, 0.3) is 0 Å². The molecule has 7 nitrogen and oxygen atoms in total. The van der Waals surface area contributed by atoms with Crippen LogP contribution in [0.5, 0.6) is 5.88 Å². The van der Waals surface area contributed by atoms with E-state index < -0.39 is 0 Å². The Kier molecular flexibility index (Phi) is 4.06. The molecule has 2 aromatic rings. The Balaban J connectivity index is 1.99. The van der Waals surface area contributed by atoms with Crippen molar-refractivity contribution in [1.29, 1.82) is 0 Å². The van der Waals surface area contributed by atoms with Crippen LogP contribution in [0.3, 0.4) is 0 Å². The Morgan fingerprint density at radius 3 is 3.00 bits per heavy atom. The maximum Gasteiger partial charge on any atom is 0.218 e. The summed E-state index contributed by atoms with van der Waals surface area (Å²) >= 11 is 0. The van der Waals surface area contributed by atoms with Crippen LogP contribution in [-0.4, -0.2) is 31.3 Å². The Morgan fingerprint density at radius 1 is 1.33 bits per heavy atom. The number of aryl methyl sites for hydroxylation is 1. The molecule has 18 heavy (non-hydrogen) atoms. The van der Waals surface area contributed by atoms with E-state index in [1.165, 1.54) is 6.33 Å². The van der Waals surface area contributed by atoms with Gasteiger partial charge in [0.25, 0.3) is 0 Å². The predicted molar refractivity (Wildman–Crippen MR) is 66.2 cm³/mol. The smallest absolute Gasteiger partial charge is 0.218 e. The molecule has 2 heterocycles. The third kappa shape index (κ3) is 2.93. The first-order chi connectivity index (χ1) is 8.83. The van der Waals surface area contributed by atoms with Gasteiger partial charge in [0, 0.05) is 12.6 Å². The minimum atomic E-state index is 0.562. The van der Waals surface area contributed by atoms with Crippen molar-refractivity contribution in [3.05, 3.63) is 24.5 Å². The minimum Gasteiger partial charge on any atom is -0.478 e. The summed E-state index contributed by atoms with van der Waals surface area (Å²) in [7, 11) is 0. The molecule has 0 aliphatic carbocycles. The van der Waals surface area contributed by atoms with Gasteiger partial charge in [-0.25, -0.2) is 9.97 Å². The number of hydrogen-bond acceptors (Lipinski definition) is 6. The first-order valence-electron chi connectivity index (χ1n) is 5.88. The summed E-state index contributed by atoms with van der Waals surface area (Å²) in [5, 5.41) is 11.1. The summed E-state index contributed by atoms with van der Waals surface area (Å²) in [5.41, 5.74) is 0. The van der Waals surface area contributed by atoms with Gasteiger partial charge < -0.3 is 14.6 Å². The van der Waals surface area contributed by atoms with Crippen LogP contribution in [0.15, 0.2) is 18.7 Å². The number of aromatic nitrogens is 5. The molecular formula is C11H16N6O. The second kappa shape index (κ2) is 5.95. The molecule has 2 aromatic heterocycles. The molecule has 0 aliphatic rings. The van der Waals surface area contributed by atoms with E-state index in [1.54, 1.807) is 12.4 Å². The van der Waals surface area contributed by atoms with E-state index in [-0.39, 0.29) is 0 Å². The molecule has 0 amide bonds. The van der Waals surface area contributed by atoms with Gasteiger partial charge in [0.2, 0.25) is 5.88 Å². The summed E-state index contributed by atoms with van der Waals surface area (Å²) in [6.45, 7) is 5.96. The number of hydrogen-bond donors (Lipinski definition) is 1. The largest absolute Gasteiger partial charge is 0.478 e. The summed E-state index contributed by atoms with van der Waals surface area (Å²) in [4.78, 5) is 8.12. The third-order valence-electron chi connectivity index (χ3n) is 2.40. The van der Waals surface area contributed by atoms with Crippen molar-refractivity contribution >= 4 is 5.82 Å². The fourth-order valence-corrected chi connectivity index (χ4v) is 1.51. The van der Waals surface area contributed by atoms with E-state index in [1.807, 2.05) is 18.4 Å². The zero-order chi connectivity index (χ0) is 12.8. The molecule has 0 unspecified atom stereocenters. The lowest BCUT2D eigenvalue weighted by atomic mass is 10.5. The first kappa shape index (κ1) is 12.3. The maximum atomic E-state index is 5.30. The van der Waals surface area contributed by atoms with Crippen molar-refractivity contribution in [2.75, 3.05) is 11.9 Å². The van der Waals surface area contributed by atoms with Gasteiger partial charge in [-0.15, -0.1) is 10.2 Å². The SMILES string of the molecule is CCOc1cc(NCc2nncn2CC)ncn1. The van der Waals surface area contributed by atoms with Crippen LogP contribution in [0.2, 0.25) is 0 Å². The molecule has 0 radical (unpaired) electrons. The van der Waals surface area contributed by atoms with Crippen LogP contribution in [0.1, 0.15) is 19.7 Å². The first-order valence-corrected chi connectivity index (χ1v) is 5.88. The van der Waals surface area contributed by atoms with Crippen molar-refractivity contribution in [1.82, 2.24) is 24.7 Å². The van der Waals surface area contributed by atoms with Gasteiger partial charge >= 0.3 is 0 Å². The lowest BCUT2D eigenvalue weighted by Crippen LogP contribution is -2.08. The van der Waals surface area contributed by atoms with E-state index in [9.17, 15) is 0 Å². The van der Waals surface area contributed by atoms with Crippen LogP contribution < -0.4 is 10.1 Å². The number of nitrogens with one attached hydrogen (secondary N) is 1. The van der Waals surface area contributed by atoms with Gasteiger partial charge in [-0.3, -0.25) is 0 Å². The van der Waals surface area contributed by atoms with Crippen LogP contribution in [0, 0.1) is 0 Å². The van der Waals surface area contributed by atoms with Crippen molar-refractivity contribution in [3.63, 3.8) is 0 Å². The standard InChI is InChI=1S/C11H16N6O/c1-3-17-8-15-16-10(17)6-12-9-5-11(18-4-2)14-7-13-9/h5,7-8H,3-4,6H2,1-2H3,(H,12,13,14). The van der Waals surface area contributed by atoms with Gasteiger partial charge in [-0.2, -0.15) is 0 Å². The van der Waals surface area contributed by atoms with E-state index in [4.69, 9.17) is 4.74 Å². The van der Waals surface area contributed by atoms with Gasteiger partial charge in [-0.05, 0) is 13.8 Å². The number of anilines is 1. The molecule has 96 valence electrons. The number of ether oxygens (including phenoxy) is 1. The number of rotatable bonds is 6. The highest BCUT2D eigenvalue weighted by molar-refractivity contribution is 5.37. The third-order valence-corrected chi connectivity index (χ3v) is 2.40. The highest BCUT2D eigenvalue weighted by Gasteiger charge is 2.03. The Bertz CT molecular complexity index is 498. The van der Waals surface area contributed by atoms with Crippen LogP contribution >= 0.6 is 0 Å². The predicted octanol–water partition coefficient (Wildman–Crippen LogP) is 1.10. The summed E-state index contributed by atoms with van der Waals surface area (Å²) < 4.78 is 7.27. The average molecular weight is 248 g/mol. The average Bonchev–Trinajstić information content (AvgIpc) is 2.84. The van der Waals surface area contributed by atoms with Gasteiger partial charge in [0.1, 0.15) is 18.5 Å². The highest BCUT2D eigenvalue weighted by atomic mass is 16.5. The molecule has 0 atom stereocenters. The second-order valence-corrected chi connectivity index (χ2v) is 3.56. The second-order valence-electron chi connectivity index (χ2n) is 3.56. The van der Waals surface area contributed by atoms with Gasteiger partial charge in [0.05, 0.1) is 13.2 Å². The van der Waals surface area contributed by atoms with Crippen molar-refractivity contribution in [2.24, 2.45) is 0 Å². The van der Waals surface area contributed by atoms with E-state index in [0.29, 0.717) is 24.8 Å². The topological polar surface area (TPSA) is 77.8 Å². The molecule has 0 saturated carbocycles. The molecule has 0 aliphatic heterocycles. The monoisotopic (exact) mass is 248 g/mol. The van der Waals surface area contributed by atoms with Crippen LogP contribution in [0.4, 0.5) is 5.82 Å². The highest BCUT2D eigenvalue weighted by Crippen LogP contribution is 2.11. The molecular weight excluding hydrogens is 232 g/mol. The molecule has 1 N–H and O–H groups in total. The Labute approximate surface area is 105 Å². The quantitative estimate of drug-likeness (QED) is 0.824. The fraction of sp³-hybridized carbons (Fsp3) is 0.455. The molecule has 0 bridgehead atoms.